The van der Waals surface area contributed by atoms with Gasteiger partial charge in [-0.05, 0) is 38.1 Å². The number of hydrogen-bond acceptors (Lipinski definition) is 3. The number of likely N-dealkylation sites (tertiary alicyclic amines) is 2. The van der Waals surface area contributed by atoms with E-state index in [-0.39, 0.29) is 12.5 Å². The number of hydrogen-bond donors (Lipinski definition) is 1. The Bertz CT molecular complexity index is 340. The Morgan fingerprint density at radius 3 is 2.47 bits per heavy atom. The smallest absolute Gasteiger partial charge is 0.320 e. The molecular formula is C14H24N2O3. The molecule has 0 aromatic carbocycles. The van der Waals surface area contributed by atoms with E-state index in [1.807, 2.05) is 9.80 Å². The lowest BCUT2D eigenvalue weighted by Gasteiger charge is -2.37. The molecule has 0 aliphatic carbocycles. The predicted molar refractivity (Wildman–Crippen MR) is 71.8 cm³/mol. The Balaban J connectivity index is 1.93. The van der Waals surface area contributed by atoms with Gasteiger partial charge >= 0.3 is 5.97 Å². The van der Waals surface area contributed by atoms with Gasteiger partial charge in [-0.2, -0.15) is 0 Å². The molecule has 1 N–H and O–H groups in total. The lowest BCUT2D eigenvalue weighted by Crippen LogP contribution is -2.51. The van der Waals surface area contributed by atoms with Crippen molar-refractivity contribution in [2.45, 2.75) is 45.1 Å². The molecule has 5 nitrogen and oxygen atoms in total. The Morgan fingerprint density at radius 1 is 1.21 bits per heavy atom. The summed E-state index contributed by atoms with van der Waals surface area (Å²) in [6, 6.07) is -0.481. The van der Waals surface area contributed by atoms with Gasteiger partial charge in [0.1, 0.15) is 6.04 Å². The van der Waals surface area contributed by atoms with E-state index in [9.17, 15) is 14.7 Å². The van der Waals surface area contributed by atoms with Crippen molar-refractivity contribution < 1.29 is 14.7 Å². The molecule has 0 spiro atoms. The molecule has 0 aromatic heterocycles. The molecule has 5 heteroatoms. The van der Waals surface area contributed by atoms with Gasteiger partial charge in [-0.1, -0.05) is 13.3 Å². The number of rotatable bonds is 4. The lowest BCUT2D eigenvalue weighted by molar-refractivity contribution is -0.147. The minimum absolute atomic E-state index is 0.0960. The first kappa shape index (κ1) is 14.3. The summed E-state index contributed by atoms with van der Waals surface area (Å²) in [4.78, 5) is 27.2. The van der Waals surface area contributed by atoms with Crippen molar-refractivity contribution in [1.29, 1.82) is 0 Å². The molecular weight excluding hydrogens is 244 g/mol. The van der Waals surface area contributed by atoms with Gasteiger partial charge in [0.25, 0.3) is 0 Å². The summed E-state index contributed by atoms with van der Waals surface area (Å²) in [5, 5.41) is 9.33. The molecule has 2 fully saturated rings. The molecule has 2 atom stereocenters. The van der Waals surface area contributed by atoms with Crippen LogP contribution in [0, 0.1) is 5.92 Å². The summed E-state index contributed by atoms with van der Waals surface area (Å²) < 4.78 is 0. The van der Waals surface area contributed by atoms with E-state index in [0.29, 0.717) is 12.3 Å². The summed E-state index contributed by atoms with van der Waals surface area (Å²) >= 11 is 0. The van der Waals surface area contributed by atoms with E-state index >= 15 is 0 Å². The van der Waals surface area contributed by atoms with Crippen molar-refractivity contribution in [2.75, 3.05) is 26.2 Å². The minimum atomic E-state index is -0.785. The van der Waals surface area contributed by atoms with Crippen molar-refractivity contribution >= 4 is 11.9 Å². The quantitative estimate of drug-likeness (QED) is 0.832. The van der Waals surface area contributed by atoms with Gasteiger partial charge in [0.2, 0.25) is 5.91 Å². The fourth-order valence-corrected chi connectivity index (χ4v) is 3.14. The molecule has 0 bridgehead atoms. The second-order valence-corrected chi connectivity index (χ2v) is 5.71. The number of carbonyl (C=O) groups is 2. The summed E-state index contributed by atoms with van der Waals surface area (Å²) in [6.07, 6.45) is 4.86. The van der Waals surface area contributed by atoms with E-state index < -0.39 is 12.0 Å². The van der Waals surface area contributed by atoms with Crippen LogP contribution in [0.4, 0.5) is 0 Å². The van der Waals surface area contributed by atoms with Crippen molar-refractivity contribution in [3.05, 3.63) is 0 Å². The number of amides is 1. The fourth-order valence-electron chi connectivity index (χ4n) is 3.14. The Hall–Kier alpha value is -1.10. The van der Waals surface area contributed by atoms with E-state index in [1.165, 1.54) is 0 Å². The summed E-state index contributed by atoms with van der Waals surface area (Å²) in [5.74, 6) is -0.203. The first-order chi connectivity index (χ1) is 9.11. The first-order valence-corrected chi connectivity index (χ1v) is 7.36. The van der Waals surface area contributed by atoms with Gasteiger partial charge in [0.15, 0.2) is 0 Å². The van der Waals surface area contributed by atoms with Crippen molar-refractivity contribution in [3.8, 4) is 0 Å². The Morgan fingerprint density at radius 2 is 1.89 bits per heavy atom. The highest BCUT2D eigenvalue weighted by molar-refractivity contribution is 5.80. The van der Waals surface area contributed by atoms with Gasteiger partial charge in [-0.15, -0.1) is 0 Å². The molecule has 19 heavy (non-hydrogen) atoms. The zero-order valence-corrected chi connectivity index (χ0v) is 11.7. The molecule has 1 amide bonds. The van der Waals surface area contributed by atoms with Crippen molar-refractivity contribution in [2.24, 2.45) is 5.92 Å². The van der Waals surface area contributed by atoms with Crippen LogP contribution in [-0.2, 0) is 9.59 Å². The standard InChI is InChI=1S/C14H24N2O3/c1-2-11-5-8-16(12(9-11)14(18)19)10-13(17)15-6-3-4-7-15/h11-12H,2-10H2,1H3,(H,18,19). The van der Waals surface area contributed by atoms with Crippen LogP contribution in [0.2, 0.25) is 0 Å². The maximum Gasteiger partial charge on any atom is 0.320 e. The molecule has 2 rings (SSSR count). The van der Waals surface area contributed by atoms with Crippen LogP contribution in [0.3, 0.4) is 0 Å². The topological polar surface area (TPSA) is 60.9 Å². The van der Waals surface area contributed by atoms with Crippen LogP contribution in [0.15, 0.2) is 0 Å². The molecule has 2 aliphatic heterocycles. The third-order valence-corrected chi connectivity index (χ3v) is 4.48. The van der Waals surface area contributed by atoms with E-state index in [0.717, 1.165) is 45.3 Å². The van der Waals surface area contributed by atoms with Crippen LogP contribution in [0.1, 0.15) is 39.0 Å². The highest BCUT2D eigenvalue weighted by atomic mass is 16.4. The Labute approximate surface area is 114 Å². The number of carboxylic acids is 1. The second kappa shape index (κ2) is 6.37. The number of carbonyl (C=O) groups excluding carboxylic acids is 1. The summed E-state index contributed by atoms with van der Waals surface area (Å²) in [7, 11) is 0. The Kier molecular flexibility index (Phi) is 4.80. The van der Waals surface area contributed by atoms with E-state index in [4.69, 9.17) is 0 Å². The average molecular weight is 268 g/mol. The normalized spacial score (nSPS) is 28.6. The van der Waals surface area contributed by atoms with Crippen molar-refractivity contribution in [1.82, 2.24) is 9.80 Å². The van der Waals surface area contributed by atoms with Crippen LogP contribution < -0.4 is 0 Å². The van der Waals surface area contributed by atoms with Crippen LogP contribution in [0.25, 0.3) is 0 Å². The number of aliphatic carboxylic acids is 1. The fraction of sp³-hybridized carbons (Fsp3) is 0.857. The summed E-state index contributed by atoms with van der Waals surface area (Å²) in [6.45, 7) is 4.78. The highest BCUT2D eigenvalue weighted by Crippen LogP contribution is 2.25. The maximum atomic E-state index is 12.1. The third kappa shape index (κ3) is 3.47. The number of carboxylic acid groups (broad SMARTS) is 1. The molecule has 0 radical (unpaired) electrons. The van der Waals surface area contributed by atoms with Crippen LogP contribution in [-0.4, -0.2) is 59.0 Å². The molecule has 0 aromatic rings. The largest absolute Gasteiger partial charge is 0.480 e. The van der Waals surface area contributed by atoms with Crippen molar-refractivity contribution in [3.63, 3.8) is 0 Å². The van der Waals surface area contributed by atoms with Crippen LogP contribution >= 0.6 is 0 Å². The van der Waals surface area contributed by atoms with Gasteiger partial charge < -0.3 is 10.0 Å². The van der Waals surface area contributed by atoms with Gasteiger partial charge in [0.05, 0.1) is 6.54 Å². The molecule has 2 heterocycles. The van der Waals surface area contributed by atoms with Crippen LogP contribution in [0.5, 0.6) is 0 Å². The molecule has 2 aliphatic rings. The zero-order chi connectivity index (χ0) is 13.8. The van der Waals surface area contributed by atoms with Gasteiger partial charge in [0, 0.05) is 13.1 Å². The minimum Gasteiger partial charge on any atom is -0.480 e. The monoisotopic (exact) mass is 268 g/mol. The predicted octanol–water partition coefficient (Wildman–Crippen LogP) is 1.18. The SMILES string of the molecule is CCC1CCN(CC(=O)N2CCCC2)C(C(=O)O)C1. The van der Waals surface area contributed by atoms with Gasteiger partial charge in [-0.25, -0.2) is 0 Å². The highest BCUT2D eigenvalue weighted by Gasteiger charge is 2.34. The lowest BCUT2D eigenvalue weighted by atomic mass is 9.89. The third-order valence-electron chi connectivity index (χ3n) is 4.48. The van der Waals surface area contributed by atoms with Gasteiger partial charge in [-0.3, -0.25) is 14.5 Å². The van der Waals surface area contributed by atoms with E-state index in [2.05, 4.69) is 6.92 Å². The molecule has 108 valence electrons. The zero-order valence-electron chi connectivity index (χ0n) is 11.7. The molecule has 0 saturated carbocycles. The average Bonchev–Trinajstić information content (AvgIpc) is 2.92. The molecule has 2 unspecified atom stereocenters. The second-order valence-electron chi connectivity index (χ2n) is 5.71. The molecule has 2 saturated heterocycles. The number of nitrogens with zero attached hydrogens (tertiary/aromatic N) is 2. The first-order valence-electron chi connectivity index (χ1n) is 7.36. The summed E-state index contributed by atoms with van der Waals surface area (Å²) in [5.41, 5.74) is 0. The van der Waals surface area contributed by atoms with E-state index in [1.54, 1.807) is 0 Å². The maximum absolute atomic E-state index is 12.1. The number of piperidine rings is 1.